The van der Waals surface area contributed by atoms with Crippen LogP contribution < -0.4 is 5.32 Å². The normalized spacial score (nSPS) is 12.4. The van der Waals surface area contributed by atoms with Gasteiger partial charge in [0.2, 0.25) is 0 Å². The first kappa shape index (κ1) is 14.9. The molecule has 1 aromatic heterocycles. The molecule has 0 saturated carbocycles. The molecule has 0 saturated heterocycles. The van der Waals surface area contributed by atoms with Crippen LogP contribution in [0.15, 0.2) is 27.6 Å². The first-order chi connectivity index (χ1) is 8.09. The van der Waals surface area contributed by atoms with Crippen molar-refractivity contribution in [2.24, 2.45) is 5.92 Å². The molecule has 0 aliphatic heterocycles. The van der Waals surface area contributed by atoms with Crippen LogP contribution in [0.1, 0.15) is 32.1 Å². The fourth-order valence-electron chi connectivity index (χ4n) is 1.59. The molecule has 96 valence electrons. The molecular formula is C14H22BrNS. The smallest absolute Gasteiger partial charge is 0.0317 e. The fraction of sp³-hybridized carbons (Fsp3) is 0.571. The quantitative estimate of drug-likeness (QED) is 0.571. The van der Waals surface area contributed by atoms with Crippen molar-refractivity contribution < 1.29 is 0 Å². The van der Waals surface area contributed by atoms with Gasteiger partial charge in [0.15, 0.2) is 0 Å². The van der Waals surface area contributed by atoms with Gasteiger partial charge in [-0.25, -0.2) is 0 Å². The number of hydrogen-bond acceptors (Lipinski definition) is 2. The van der Waals surface area contributed by atoms with Crippen molar-refractivity contribution >= 4 is 27.3 Å². The Hall–Kier alpha value is -0.120. The maximum atomic E-state index is 3.57. The van der Waals surface area contributed by atoms with Crippen molar-refractivity contribution in [1.29, 1.82) is 0 Å². The highest BCUT2D eigenvalue weighted by molar-refractivity contribution is 9.10. The first-order valence-electron chi connectivity index (χ1n) is 6.17. The molecule has 0 aliphatic carbocycles. The Morgan fingerprint density at radius 2 is 2.29 bits per heavy atom. The van der Waals surface area contributed by atoms with E-state index in [0.29, 0.717) is 0 Å². The summed E-state index contributed by atoms with van der Waals surface area (Å²) < 4.78 is 1.24. The van der Waals surface area contributed by atoms with E-state index in [1.807, 2.05) is 11.3 Å². The molecular weight excluding hydrogens is 294 g/mol. The molecule has 3 heteroatoms. The zero-order valence-corrected chi connectivity index (χ0v) is 13.3. The van der Waals surface area contributed by atoms with E-state index < -0.39 is 0 Å². The Bertz CT molecular complexity index is 355. The lowest BCUT2D eigenvalue weighted by Gasteiger charge is -2.06. The number of nitrogens with one attached hydrogen (secondary N) is 1. The van der Waals surface area contributed by atoms with Gasteiger partial charge in [0.25, 0.3) is 0 Å². The minimum absolute atomic E-state index is 0.738. The monoisotopic (exact) mass is 315 g/mol. The molecule has 1 heterocycles. The van der Waals surface area contributed by atoms with Crippen LogP contribution in [0.25, 0.3) is 0 Å². The lowest BCUT2D eigenvalue weighted by atomic mass is 10.1. The van der Waals surface area contributed by atoms with Gasteiger partial charge < -0.3 is 5.32 Å². The van der Waals surface area contributed by atoms with Gasteiger partial charge in [-0.3, -0.25) is 0 Å². The molecule has 17 heavy (non-hydrogen) atoms. The van der Waals surface area contributed by atoms with Crippen LogP contribution in [-0.2, 0) is 6.42 Å². The van der Waals surface area contributed by atoms with E-state index in [1.165, 1.54) is 14.9 Å². The van der Waals surface area contributed by atoms with Crippen LogP contribution >= 0.6 is 27.3 Å². The van der Waals surface area contributed by atoms with Gasteiger partial charge in [-0.15, -0.1) is 11.3 Å². The standard InChI is InChI=1S/C14H22BrNS/c1-11(2)10-16-7-4-5-12(3)9-14-13(15)6-8-17-14/h5-6,8,11,16H,4,7,9-10H2,1-3H3. The predicted molar refractivity (Wildman–Crippen MR) is 81.8 cm³/mol. The fourth-order valence-corrected chi connectivity index (χ4v) is 3.18. The molecule has 1 aromatic rings. The SMILES string of the molecule is CC(=CCCNCC(C)C)Cc1sccc1Br. The molecule has 0 atom stereocenters. The predicted octanol–water partition coefficient (Wildman–Crippen LogP) is 4.64. The van der Waals surface area contributed by atoms with Crippen LogP contribution in [0.4, 0.5) is 0 Å². The van der Waals surface area contributed by atoms with Crippen LogP contribution in [0.3, 0.4) is 0 Å². The number of rotatable bonds is 7. The minimum Gasteiger partial charge on any atom is -0.316 e. The molecule has 1 N–H and O–H groups in total. The first-order valence-corrected chi connectivity index (χ1v) is 7.85. The number of thiophene rings is 1. The highest BCUT2D eigenvalue weighted by Gasteiger charge is 2.01. The second-order valence-corrected chi connectivity index (χ2v) is 6.66. The Balaban J connectivity index is 2.23. The van der Waals surface area contributed by atoms with E-state index >= 15 is 0 Å². The van der Waals surface area contributed by atoms with Crippen molar-refractivity contribution in [3.05, 3.63) is 32.4 Å². The zero-order valence-electron chi connectivity index (χ0n) is 10.9. The molecule has 0 unspecified atom stereocenters. The van der Waals surface area contributed by atoms with Crippen LogP contribution in [-0.4, -0.2) is 13.1 Å². The summed E-state index contributed by atoms with van der Waals surface area (Å²) in [5.41, 5.74) is 1.46. The summed E-state index contributed by atoms with van der Waals surface area (Å²) in [6.45, 7) is 8.89. The number of halogens is 1. The summed E-state index contributed by atoms with van der Waals surface area (Å²) in [5.74, 6) is 0.738. The largest absolute Gasteiger partial charge is 0.316 e. The summed E-state index contributed by atoms with van der Waals surface area (Å²) in [6.07, 6.45) is 4.55. The molecule has 0 fully saturated rings. The molecule has 1 nitrogen and oxygen atoms in total. The molecule has 0 amide bonds. The molecule has 0 aromatic carbocycles. The van der Waals surface area contributed by atoms with Crippen molar-refractivity contribution in [1.82, 2.24) is 5.32 Å². The summed E-state index contributed by atoms with van der Waals surface area (Å²) in [7, 11) is 0. The lowest BCUT2D eigenvalue weighted by Crippen LogP contribution is -2.20. The Morgan fingerprint density at radius 1 is 1.53 bits per heavy atom. The maximum Gasteiger partial charge on any atom is 0.0317 e. The number of allylic oxidation sites excluding steroid dienone is 1. The molecule has 0 aliphatic rings. The van der Waals surface area contributed by atoms with Crippen LogP contribution in [0.5, 0.6) is 0 Å². The van der Waals surface area contributed by atoms with E-state index in [1.54, 1.807) is 0 Å². The molecule has 0 radical (unpaired) electrons. The van der Waals surface area contributed by atoms with E-state index in [0.717, 1.165) is 31.8 Å². The van der Waals surface area contributed by atoms with E-state index in [-0.39, 0.29) is 0 Å². The molecule has 1 rings (SSSR count). The Morgan fingerprint density at radius 3 is 2.88 bits per heavy atom. The Kier molecular flexibility index (Phi) is 7.09. The number of hydrogen-bond donors (Lipinski definition) is 1. The van der Waals surface area contributed by atoms with Gasteiger partial charge in [-0.1, -0.05) is 25.5 Å². The minimum atomic E-state index is 0.738. The third-order valence-corrected chi connectivity index (χ3v) is 4.42. The van der Waals surface area contributed by atoms with Gasteiger partial charge >= 0.3 is 0 Å². The second-order valence-electron chi connectivity index (χ2n) is 4.81. The summed E-state index contributed by atoms with van der Waals surface area (Å²) >= 11 is 5.40. The van der Waals surface area contributed by atoms with Gasteiger partial charge in [-0.05, 0) is 59.7 Å². The highest BCUT2D eigenvalue weighted by atomic mass is 79.9. The van der Waals surface area contributed by atoms with E-state index in [2.05, 4.69) is 59.5 Å². The molecule has 0 spiro atoms. The van der Waals surface area contributed by atoms with Crippen molar-refractivity contribution in [2.75, 3.05) is 13.1 Å². The third kappa shape index (κ3) is 6.39. The maximum absolute atomic E-state index is 3.57. The Labute approximate surface area is 117 Å². The van der Waals surface area contributed by atoms with Crippen molar-refractivity contribution in [3.8, 4) is 0 Å². The topological polar surface area (TPSA) is 12.0 Å². The summed E-state index contributed by atoms with van der Waals surface area (Å²) in [5, 5.41) is 5.59. The van der Waals surface area contributed by atoms with Crippen LogP contribution in [0, 0.1) is 5.92 Å². The van der Waals surface area contributed by atoms with Crippen LogP contribution in [0.2, 0.25) is 0 Å². The highest BCUT2D eigenvalue weighted by Crippen LogP contribution is 2.25. The average molecular weight is 316 g/mol. The van der Waals surface area contributed by atoms with Gasteiger partial charge in [0, 0.05) is 15.8 Å². The zero-order chi connectivity index (χ0) is 12.7. The summed E-state index contributed by atoms with van der Waals surface area (Å²) in [4.78, 5) is 1.42. The summed E-state index contributed by atoms with van der Waals surface area (Å²) in [6, 6.07) is 2.12. The van der Waals surface area contributed by atoms with Gasteiger partial charge in [0.1, 0.15) is 0 Å². The molecule has 0 bridgehead atoms. The van der Waals surface area contributed by atoms with E-state index in [4.69, 9.17) is 0 Å². The van der Waals surface area contributed by atoms with Gasteiger partial charge in [-0.2, -0.15) is 0 Å². The second kappa shape index (κ2) is 8.06. The third-order valence-electron chi connectivity index (χ3n) is 2.50. The van der Waals surface area contributed by atoms with Crippen molar-refractivity contribution in [2.45, 2.75) is 33.6 Å². The lowest BCUT2D eigenvalue weighted by molar-refractivity contribution is 0.556. The van der Waals surface area contributed by atoms with Gasteiger partial charge in [0.05, 0.1) is 0 Å². The van der Waals surface area contributed by atoms with E-state index in [9.17, 15) is 0 Å². The average Bonchev–Trinajstić information content (AvgIpc) is 2.63. The van der Waals surface area contributed by atoms with Crippen molar-refractivity contribution in [3.63, 3.8) is 0 Å².